The molecule has 4 nitrogen and oxygen atoms in total. The Hall–Kier alpha value is -2.74. The number of aryl methyl sites for hydroxylation is 1. The maximum Gasteiger partial charge on any atom is 0.406 e. The Bertz CT molecular complexity index is 1000. The summed E-state index contributed by atoms with van der Waals surface area (Å²) in [5, 5.41) is 2.96. The van der Waals surface area contributed by atoms with Gasteiger partial charge in [0.1, 0.15) is 6.54 Å². The molecule has 0 radical (unpaired) electrons. The Labute approximate surface area is 171 Å². The molecule has 1 amide bonds. The van der Waals surface area contributed by atoms with Crippen molar-refractivity contribution in [2.24, 2.45) is 0 Å². The maximum atomic E-state index is 13.1. The van der Waals surface area contributed by atoms with Gasteiger partial charge < -0.3 is 9.88 Å². The largest absolute Gasteiger partial charge is 0.406 e. The summed E-state index contributed by atoms with van der Waals surface area (Å²) in [5.74, 6) is -0.345. The first-order valence-corrected chi connectivity index (χ1v) is 9.90. The number of alkyl halides is 3. The Morgan fingerprint density at radius 3 is 2.52 bits per heavy atom. The smallest absolute Gasteiger partial charge is 0.325 e. The molecule has 0 aliphatic heterocycles. The zero-order valence-corrected chi connectivity index (χ0v) is 16.8. The average molecular weight is 419 g/mol. The number of anilines is 1. The molecule has 1 aromatic heterocycles. The van der Waals surface area contributed by atoms with Crippen LogP contribution in [0.1, 0.15) is 11.1 Å². The van der Waals surface area contributed by atoms with Crippen molar-refractivity contribution in [3.8, 4) is 11.3 Å². The van der Waals surface area contributed by atoms with E-state index in [1.807, 2.05) is 26.0 Å². The SMILES string of the molecule is Cc1cccc(NC(=O)CSc2ncc(-c3ccccc3)n2CC(F)(F)F)c1C. The van der Waals surface area contributed by atoms with Crippen molar-refractivity contribution in [2.75, 3.05) is 11.1 Å². The predicted octanol–water partition coefficient (Wildman–Crippen LogP) is 5.46. The lowest BCUT2D eigenvalue weighted by molar-refractivity contribution is -0.141. The third-order valence-electron chi connectivity index (χ3n) is 4.44. The lowest BCUT2D eigenvalue weighted by Crippen LogP contribution is -2.20. The molecule has 8 heteroatoms. The molecular formula is C21H20F3N3OS. The van der Waals surface area contributed by atoms with Crippen LogP contribution in [0.2, 0.25) is 0 Å². The van der Waals surface area contributed by atoms with E-state index < -0.39 is 12.7 Å². The van der Waals surface area contributed by atoms with Crippen LogP contribution in [-0.2, 0) is 11.3 Å². The third kappa shape index (κ3) is 5.41. The summed E-state index contributed by atoms with van der Waals surface area (Å²) >= 11 is 0.980. The summed E-state index contributed by atoms with van der Waals surface area (Å²) in [5.41, 5.74) is 3.69. The number of halogens is 3. The molecule has 1 heterocycles. The van der Waals surface area contributed by atoms with Gasteiger partial charge in [-0.3, -0.25) is 4.79 Å². The van der Waals surface area contributed by atoms with Gasteiger partial charge in [-0.05, 0) is 36.6 Å². The number of thioether (sulfide) groups is 1. The normalized spacial score (nSPS) is 11.5. The lowest BCUT2D eigenvalue weighted by Gasteiger charge is -2.14. The second-order valence-electron chi connectivity index (χ2n) is 6.58. The van der Waals surface area contributed by atoms with Crippen LogP contribution in [0.5, 0.6) is 0 Å². The fourth-order valence-electron chi connectivity index (χ4n) is 2.85. The Morgan fingerprint density at radius 1 is 1.10 bits per heavy atom. The summed E-state index contributed by atoms with van der Waals surface area (Å²) < 4.78 is 40.5. The van der Waals surface area contributed by atoms with Gasteiger partial charge in [0, 0.05) is 5.69 Å². The van der Waals surface area contributed by atoms with Gasteiger partial charge in [0.15, 0.2) is 5.16 Å². The minimum atomic E-state index is -4.40. The van der Waals surface area contributed by atoms with Crippen LogP contribution in [0.4, 0.5) is 18.9 Å². The van der Waals surface area contributed by atoms with Crippen LogP contribution in [0, 0.1) is 13.8 Å². The highest BCUT2D eigenvalue weighted by atomic mass is 32.2. The quantitative estimate of drug-likeness (QED) is 0.540. The fraction of sp³-hybridized carbons (Fsp3) is 0.238. The molecule has 29 heavy (non-hydrogen) atoms. The van der Waals surface area contributed by atoms with E-state index in [0.717, 1.165) is 27.5 Å². The number of benzene rings is 2. The number of hydrogen-bond acceptors (Lipinski definition) is 3. The van der Waals surface area contributed by atoms with E-state index in [9.17, 15) is 18.0 Å². The summed E-state index contributed by atoms with van der Waals surface area (Å²) in [6.45, 7) is 2.68. The molecule has 2 aromatic carbocycles. The van der Waals surface area contributed by atoms with E-state index in [-0.39, 0.29) is 16.8 Å². The van der Waals surface area contributed by atoms with Gasteiger partial charge in [0.25, 0.3) is 0 Å². The average Bonchev–Trinajstić information content (AvgIpc) is 3.05. The Balaban J connectivity index is 1.77. The van der Waals surface area contributed by atoms with E-state index in [0.29, 0.717) is 16.9 Å². The van der Waals surface area contributed by atoms with Crippen LogP contribution in [0.25, 0.3) is 11.3 Å². The molecule has 0 fully saturated rings. The van der Waals surface area contributed by atoms with Crippen LogP contribution < -0.4 is 5.32 Å². The topological polar surface area (TPSA) is 46.9 Å². The summed E-state index contributed by atoms with van der Waals surface area (Å²) in [4.78, 5) is 16.5. The zero-order chi connectivity index (χ0) is 21.0. The summed E-state index contributed by atoms with van der Waals surface area (Å²) in [6, 6.07) is 14.3. The first-order valence-electron chi connectivity index (χ1n) is 8.91. The highest BCUT2D eigenvalue weighted by Crippen LogP contribution is 2.30. The van der Waals surface area contributed by atoms with E-state index in [1.165, 1.54) is 6.20 Å². The van der Waals surface area contributed by atoms with Crippen molar-refractivity contribution in [1.82, 2.24) is 9.55 Å². The molecule has 0 bridgehead atoms. The van der Waals surface area contributed by atoms with E-state index in [2.05, 4.69) is 10.3 Å². The predicted molar refractivity (Wildman–Crippen MR) is 109 cm³/mol. The molecular weight excluding hydrogens is 399 g/mol. The molecule has 152 valence electrons. The number of amides is 1. The second kappa shape index (κ2) is 8.73. The zero-order valence-electron chi connectivity index (χ0n) is 16.0. The molecule has 1 N–H and O–H groups in total. The van der Waals surface area contributed by atoms with Crippen molar-refractivity contribution in [3.05, 3.63) is 65.9 Å². The molecule has 3 rings (SSSR count). The van der Waals surface area contributed by atoms with Crippen molar-refractivity contribution < 1.29 is 18.0 Å². The van der Waals surface area contributed by atoms with Crippen molar-refractivity contribution in [2.45, 2.75) is 31.7 Å². The Morgan fingerprint density at radius 2 is 1.83 bits per heavy atom. The number of carbonyl (C=O) groups excluding carboxylic acids is 1. The van der Waals surface area contributed by atoms with Crippen LogP contribution >= 0.6 is 11.8 Å². The number of imidazole rings is 1. The van der Waals surface area contributed by atoms with Gasteiger partial charge in [0.05, 0.1) is 17.6 Å². The summed E-state index contributed by atoms with van der Waals surface area (Å²) in [6.07, 6.45) is -2.99. The molecule has 0 aliphatic carbocycles. The number of nitrogens with one attached hydrogen (secondary N) is 1. The van der Waals surface area contributed by atoms with Crippen molar-refractivity contribution in [3.63, 3.8) is 0 Å². The highest BCUT2D eigenvalue weighted by Gasteiger charge is 2.31. The number of aromatic nitrogens is 2. The van der Waals surface area contributed by atoms with Crippen LogP contribution in [0.15, 0.2) is 59.9 Å². The number of rotatable bonds is 6. The molecule has 3 aromatic rings. The van der Waals surface area contributed by atoms with E-state index in [1.54, 1.807) is 36.4 Å². The molecule has 0 unspecified atom stereocenters. The fourth-order valence-corrected chi connectivity index (χ4v) is 3.63. The number of hydrogen-bond donors (Lipinski definition) is 1. The summed E-state index contributed by atoms with van der Waals surface area (Å²) in [7, 11) is 0. The van der Waals surface area contributed by atoms with E-state index in [4.69, 9.17) is 0 Å². The first kappa shape index (κ1) is 21.0. The van der Waals surface area contributed by atoms with Crippen LogP contribution in [0.3, 0.4) is 0 Å². The molecule has 0 spiro atoms. The molecule has 0 aliphatic rings. The Kier molecular flexibility index (Phi) is 6.32. The standard InChI is InChI=1S/C21H20F3N3OS/c1-14-7-6-10-17(15(14)2)26-19(28)12-29-20-25-11-18(16-8-4-3-5-9-16)27(20)13-21(22,23)24/h3-11H,12-13H2,1-2H3,(H,26,28). The van der Waals surface area contributed by atoms with Crippen molar-refractivity contribution >= 4 is 23.4 Å². The molecule has 0 saturated heterocycles. The van der Waals surface area contributed by atoms with Gasteiger partial charge in [0.2, 0.25) is 5.91 Å². The van der Waals surface area contributed by atoms with Gasteiger partial charge in [-0.15, -0.1) is 0 Å². The maximum absolute atomic E-state index is 13.1. The number of nitrogens with zero attached hydrogens (tertiary/aromatic N) is 2. The minimum absolute atomic E-state index is 0.0452. The van der Waals surface area contributed by atoms with Crippen molar-refractivity contribution in [1.29, 1.82) is 0 Å². The van der Waals surface area contributed by atoms with Gasteiger partial charge in [-0.2, -0.15) is 13.2 Å². The highest BCUT2D eigenvalue weighted by molar-refractivity contribution is 7.99. The van der Waals surface area contributed by atoms with E-state index >= 15 is 0 Å². The number of carbonyl (C=O) groups is 1. The molecule has 0 atom stereocenters. The minimum Gasteiger partial charge on any atom is -0.325 e. The van der Waals surface area contributed by atoms with Gasteiger partial charge >= 0.3 is 6.18 Å². The lowest BCUT2D eigenvalue weighted by atomic mass is 10.1. The van der Waals surface area contributed by atoms with Gasteiger partial charge in [-0.25, -0.2) is 4.98 Å². The van der Waals surface area contributed by atoms with Gasteiger partial charge in [-0.1, -0.05) is 54.2 Å². The molecule has 0 saturated carbocycles. The first-order chi connectivity index (χ1) is 13.7. The van der Waals surface area contributed by atoms with Crippen LogP contribution in [-0.4, -0.2) is 27.4 Å². The third-order valence-corrected chi connectivity index (χ3v) is 5.43. The second-order valence-corrected chi connectivity index (χ2v) is 7.52. The monoisotopic (exact) mass is 419 g/mol.